The van der Waals surface area contributed by atoms with E-state index in [1.807, 2.05) is 80.3 Å². The van der Waals surface area contributed by atoms with Crippen molar-refractivity contribution >= 4 is 23.2 Å². The first-order valence-corrected chi connectivity index (χ1v) is 10.3. The fraction of sp³-hybridized carbons (Fsp3) is 0.231. The van der Waals surface area contributed by atoms with Crippen LogP contribution < -0.4 is 10.2 Å². The molecule has 0 bridgehead atoms. The number of nitrogens with one attached hydrogen (secondary N) is 1. The van der Waals surface area contributed by atoms with Crippen LogP contribution in [0.25, 0.3) is 0 Å². The van der Waals surface area contributed by atoms with Crippen molar-refractivity contribution in [2.45, 2.75) is 33.6 Å². The molecule has 152 valence electrons. The molecule has 30 heavy (non-hydrogen) atoms. The largest absolute Gasteiger partial charge is 0.322 e. The Kier molecular flexibility index (Phi) is 5.40. The van der Waals surface area contributed by atoms with E-state index >= 15 is 0 Å². The van der Waals surface area contributed by atoms with Gasteiger partial charge in [0.2, 0.25) is 0 Å². The molecule has 4 heteroatoms. The van der Waals surface area contributed by atoms with Gasteiger partial charge in [0.05, 0.1) is 0 Å². The van der Waals surface area contributed by atoms with Gasteiger partial charge in [0, 0.05) is 29.0 Å². The number of rotatable bonds is 3. The Balaban J connectivity index is 1.59. The highest BCUT2D eigenvalue weighted by molar-refractivity contribution is 6.08. The van der Waals surface area contributed by atoms with E-state index in [1.54, 1.807) is 6.07 Å². The molecule has 3 aromatic carbocycles. The summed E-state index contributed by atoms with van der Waals surface area (Å²) in [5, 5.41) is 3.02. The van der Waals surface area contributed by atoms with Crippen molar-refractivity contribution in [1.82, 2.24) is 0 Å². The summed E-state index contributed by atoms with van der Waals surface area (Å²) < 4.78 is 0. The molecule has 3 aromatic rings. The summed E-state index contributed by atoms with van der Waals surface area (Å²) in [4.78, 5) is 27.8. The van der Waals surface area contributed by atoms with Crippen LogP contribution in [0.5, 0.6) is 0 Å². The maximum Gasteiger partial charge on any atom is 0.258 e. The zero-order valence-electron chi connectivity index (χ0n) is 17.7. The van der Waals surface area contributed by atoms with Crippen molar-refractivity contribution < 1.29 is 9.59 Å². The molecule has 0 saturated heterocycles. The Morgan fingerprint density at radius 1 is 0.867 bits per heavy atom. The van der Waals surface area contributed by atoms with Crippen molar-refractivity contribution in [2.24, 2.45) is 0 Å². The van der Waals surface area contributed by atoms with E-state index in [2.05, 4.69) is 5.32 Å². The molecule has 0 aliphatic carbocycles. The molecule has 1 N–H and O–H groups in total. The van der Waals surface area contributed by atoms with Gasteiger partial charge in [-0.15, -0.1) is 0 Å². The van der Waals surface area contributed by atoms with Crippen molar-refractivity contribution in [3.63, 3.8) is 0 Å². The minimum atomic E-state index is -0.131. The number of aryl methyl sites for hydroxylation is 4. The molecular formula is C26H26N2O2. The first-order chi connectivity index (χ1) is 14.4. The Morgan fingerprint density at radius 2 is 1.67 bits per heavy atom. The lowest BCUT2D eigenvalue weighted by Crippen LogP contribution is -2.35. The van der Waals surface area contributed by atoms with Gasteiger partial charge in [-0.1, -0.05) is 29.8 Å². The summed E-state index contributed by atoms with van der Waals surface area (Å²) >= 11 is 0. The molecule has 2 amide bonds. The van der Waals surface area contributed by atoms with Crippen molar-refractivity contribution in [3.8, 4) is 0 Å². The number of fused-ring (bicyclic) bond motifs is 1. The van der Waals surface area contributed by atoms with Gasteiger partial charge in [-0.2, -0.15) is 0 Å². The highest BCUT2D eigenvalue weighted by Crippen LogP contribution is 2.30. The molecule has 0 radical (unpaired) electrons. The minimum absolute atomic E-state index is 0.00670. The molecule has 0 aromatic heterocycles. The van der Waals surface area contributed by atoms with Crippen molar-refractivity contribution in [2.75, 3.05) is 16.8 Å². The zero-order chi connectivity index (χ0) is 21.3. The third-order valence-electron chi connectivity index (χ3n) is 5.61. The van der Waals surface area contributed by atoms with Gasteiger partial charge < -0.3 is 10.2 Å². The molecule has 0 saturated carbocycles. The maximum absolute atomic E-state index is 13.1. The molecule has 0 fully saturated rings. The number of hydrogen-bond donors (Lipinski definition) is 1. The lowest BCUT2D eigenvalue weighted by atomic mass is 9.97. The van der Waals surface area contributed by atoms with Crippen LogP contribution in [-0.2, 0) is 6.42 Å². The first-order valence-electron chi connectivity index (χ1n) is 10.3. The summed E-state index contributed by atoms with van der Waals surface area (Å²) in [5.74, 6) is -0.124. The quantitative estimate of drug-likeness (QED) is 0.637. The van der Waals surface area contributed by atoms with Crippen molar-refractivity contribution in [1.29, 1.82) is 0 Å². The van der Waals surface area contributed by atoms with Gasteiger partial charge in [-0.3, -0.25) is 9.59 Å². The molecule has 4 rings (SSSR count). The van der Waals surface area contributed by atoms with E-state index in [1.165, 1.54) is 0 Å². The Hall–Kier alpha value is -3.40. The third-order valence-corrected chi connectivity index (χ3v) is 5.61. The topological polar surface area (TPSA) is 49.4 Å². The number of hydrogen-bond acceptors (Lipinski definition) is 2. The molecule has 0 spiro atoms. The summed E-state index contributed by atoms with van der Waals surface area (Å²) in [6.45, 7) is 6.67. The van der Waals surface area contributed by atoms with Crippen LogP contribution in [0.3, 0.4) is 0 Å². The van der Waals surface area contributed by atoms with Gasteiger partial charge in [0.15, 0.2) is 0 Å². The molecule has 1 heterocycles. The molecule has 4 nitrogen and oxygen atoms in total. The third kappa shape index (κ3) is 3.99. The monoisotopic (exact) mass is 398 g/mol. The highest BCUT2D eigenvalue weighted by Gasteiger charge is 2.24. The Bertz CT molecular complexity index is 1130. The number of carbonyl (C=O) groups is 2. The van der Waals surface area contributed by atoms with Gasteiger partial charge in [-0.25, -0.2) is 0 Å². The summed E-state index contributed by atoms with van der Waals surface area (Å²) in [6, 6.07) is 19.3. The van der Waals surface area contributed by atoms with E-state index in [9.17, 15) is 9.59 Å². The summed E-state index contributed by atoms with van der Waals surface area (Å²) in [5.41, 5.74) is 7.27. The first kappa shape index (κ1) is 19.9. The average Bonchev–Trinajstić information content (AvgIpc) is 2.75. The van der Waals surface area contributed by atoms with Crippen LogP contribution in [0, 0.1) is 20.8 Å². The Labute approximate surface area is 177 Å². The second-order valence-corrected chi connectivity index (χ2v) is 8.05. The maximum atomic E-state index is 13.1. The van der Waals surface area contributed by atoms with Crippen LogP contribution in [-0.4, -0.2) is 18.4 Å². The highest BCUT2D eigenvalue weighted by atomic mass is 16.2. The lowest BCUT2D eigenvalue weighted by Gasteiger charge is -2.30. The second kappa shape index (κ2) is 8.15. The molecule has 1 aliphatic heterocycles. The van der Waals surface area contributed by atoms with Gasteiger partial charge in [0.25, 0.3) is 11.8 Å². The fourth-order valence-electron chi connectivity index (χ4n) is 3.95. The Morgan fingerprint density at radius 3 is 2.47 bits per heavy atom. The van der Waals surface area contributed by atoms with Gasteiger partial charge >= 0.3 is 0 Å². The lowest BCUT2D eigenvalue weighted by molar-refractivity contribution is 0.0984. The normalized spacial score (nSPS) is 13.0. The number of amides is 2. The molecule has 0 unspecified atom stereocenters. The number of anilines is 2. The number of carbonyl (C=O) groups excluding carboxylic acids is 2. The van der Waals surface area contributed by atoms with E-state index in [-0.39, 0.29) is 11.8 Å². The molecular weight excluding hydrogens is 372 g/mol. The predicted octanol–water partition coefficient (Wildman–Crippen LogP) is 5.46. The van der Waals surface area contributed by atoms with Crippen molar-refractivity contribution in [3.05, 3.63) is 94.0 Å². The van der Waals surface area contributed by atoms with Crippen LogP contribution in [0.1, 0.15) is 49.4 Å². The van der Waals surface area contributed by atoms with E-state index < -0.39 is 0 Å². The fourth-order valence-corrected chi connectivity index (χ4v) is 3.95. The van der Waals surface area contributed by atoms with Crippen LogP contribution in [0.2, 0.25) is 0 Å². The number of benzene rings is 3. The second-order valence-electron chi connectivity index (χ2n) is 8.05. The zero-order valence-corrected chi connectivity index (χ0v) is 17.7. The van der Waals surface area contributed by atoms with E-state index in [4.69, 9.17) is 0 Å². The van der Waals surface area contributed by atoms with E-state index in [0.717, 1.165) is 46.5 Å². The van der Waals surface area contributed by atoms with Crippen LogP contribution in [0.15, 0.2) is 60.7 Å². The number of nitrogens with zero attached hydrogens (tertiary/aromatic N) is 1. The van der Waals surface area contributed by atoms with Gasteiger partial charge in [0.1, 0.15) is 0 Å². The minimum Gasteiger partial charge on any atom is -0.322 e. The summed E-state index contributed by atoms with van der Waals surface area (Å²) in [6.07, 6.45) is 1.74. The molecule has 0 atom stereocenters. The smallest absolute Gasteiger partial charge is 0.258 e. The molecule has 1 aliphatic rings. The van der Waals surface area contributed by atoms with Crippen LogP contribution in [0.4, 0.5) is 11.4 Å². The average molecular weight is 399 g/mol. The van der Waals surface area contributed by atoms with Gasteiger partial charge in [-0.05, 0) is 86.7 Å². The van der Waals surface area contributed by atoms with E-state index in [0.29, 0.717) is 17.7 Å². The van der Waals surface area contributed by atoms with Crippen LogP contribution >= 0.6 is 0 Å². The predicted molar refractivity (Wildman–Crippen MR) is 121 cm³/mol. The standard InChI is InChI=1S/C26H26N2O2/c1-17-6-4-7-22(14-17)26(30)28-13-5-8-20-16-21(11-12-24(20)28)25(29)27-23-15-18(2)9-10-19(23)3/h4,6-7,9-12,14-16H,5,8,13H2,1-3H3,(H,27,29). The summed E-state index contributed by atoms with van der Waals surface area (Å²) in [7, 11) is 0. The SMILES string of the molecule is Cc1cccc(C(=O)N2CCCc3cc(C(=O)Nc4cc(C)ccc4C)ccc32)c1.